The number of hydrogen-bond donors (Lipinski definition) is 4. The van der Waals surface area contributed by atoms with E-state index in [1.807, 2.05) is 4.90 Å². The lowest BCUT2D eigenvalue weighted by Crippen LogP contribution is -2.45. The molecule has 0 bridgehead atoms. The van der Waals surface area contributed by atoms with Crippen LogP contribution in [0.4, 0.5) is 0 Å². The van der Waals surface area contributed by atoms with Crippen molar-refractivity contribution in [3.05, 3.63) is 0 Å². The topological polar surface area (TPSA) is 132 Å². The zero-order valence-electron chi connectivity index (χ0n) is 17.5. The second-order valence-electron chi connectivity index (χ2n) is 6.47. The van der Waals surface area contributed by atoms with Crippen molar-refractivity contribution in [2.75, 3.05) is 91.6 Å². The molecule has 0 unspecified atom stereocenters. The van der Waals surface area contributed by atoms with Gasteiger partial charge in [-0.1, -0.05) is 6.92 Å². The predicted molar refractivity (Wildman–Crippen MR) is 112 cm³/mol. The van der Waals surface area contributed by atoms with Gasteiger partial charge in [0.05, 0.1) is 19.6 Å². The zero-order chi connectivity index (χ0) is 21.5. The molecule has 0 aromatic carbocycles. The van der Waals surface area contributed by atoms with Crippen LogP contribution in [0.25, 0.3) is 0 Å². The molecular formula is C15H38N6O5S2. The van der Waals surface area contributed by atoms with E-state index >= 15 is 0 Å². The fraction of sp³-hybridized carbons (Fsp3) is 1.00. The first kappa shape index (κ1) is 27.6. The van der Waals surface area contributed by atoms with E-state index in [4.69, 9.17) is 4.84 Å². The average molecular weight is 447 g/mol. The molecule has 13 heteroatoms. The van der Waals surface area contributed by atoms with Crippen molar-refractivity contribution in [3.8, 4) is 0 Å². The summed E-state index contributed by atoms with van der Waals surface area (Å²) in [6.07, 6.45) is 2.24. The zero-order valence-corrected chi connectivity index (χ0v) is 19.2. The molecule has 0 aliphatic rings. The molecule has 0 aromatic heterocycles. The summed E-state index contributed by atoms with van der Waals surface area (Å²) in [5, 5.41) is 3.30. The van der Waals surface area contributed by atoms with Crippen LogP contribution in [-0.4, -0.2) is 118 Å². The Hall–Kier alpha value is -0.380. The van der Waals surface area contributed by atoms with Gasteiger partial charge in [-0.05, 0) is 6.54 Å². The van der Waals surface area contributed by atoms with Gasteiger partial charge in [0.25, 0.3) is 0 Å². The summed E-state index contributed by atoms with van der Waals surface area (Å²) < 4.78 is 50.0. The minimum atomic E-state index is -3.25. The Morgan fingerprint density at radius 1 is 0.714 bits per heavy atom. The van der Waals surface area contributed by atoms with Crippen LogP contribution in [0.2, 0.25) is 0 Å². The molecular weight excluding hydrogens is 408 g/mol. The van der Waals surface area contributed by atoms with Gasteiger partial charge < -0.3 is 10.2 Å². The average Bonchev–Trinajstić information content (AvgIpc) is 2.56. The number of nitrogens with one attached hydrogen (secondary N) is 4. The minimum Gasteiger partial charge on any atom is -0.316 e. The van der Waals surface area contributed by atoms with Gasteiger partial charge in [-0.25, -0.2) is 31.8 Å². The third-order valence-corrected chi connectivity index (χ3v) is 5.30. The van der Waals surface area contributed by atoms with Gasteiger partial charge in [-0.2, -0.15) is 0 Å². The number of nitrogens with zero attached hydrogens (tertiary/aromatic N) is 2. The number of rotatable bonds is 19. The van der Waals surface area contributed by atoms with E-state index in [-0.39, 0.29) is 13.1 Å². The van der Waals surface area contributed by atoms with Crippen molar-refractivity contribution >= 4 is 20.0 Å². The molecule has 0 heterocycles. The largest absolute Gasteiger partial charge is 0.316 e. The molecule has 0 rings (SSSR count). The van der Waals surface area contributed by atoms with Crippen LogP contribution in [0.1, 0.15) is 6.92 Å². The van der Waals surface area contributed by atoms with Crippen LogP contribution in [0.5, 0.6) is 0 Å². The Labute approximate surface area is 170 Å². The third kappa shape index (κ3) is 19.0. The Balaban J connectivity index is 4.62. The van der Waals surface area contributed by atoms with Crippen LogP contribution in [-0.2, 0) is 24.9 Å². The maximum Gasteiger partial charge on any atom is 0.208 e. The SMILES string of the molecule is CCNCCN(CCNOC)CCN(CCNS(C)(=O)=O)CCNS(C)(=O)=O. The van der Waals surface area contributed by atoms with Crippen molar-refractivity contribution in [2.24, 2.45) is 0 Å². The summed E-state index contributed by atoms with van der Waals surface area (Å²) >= 11 is 0. The quantitative estimate of drug-likeness (QED) is 0.125. The number of hydrogen-bond acceptors (Lipinski definition) is 9. The highest BCUT2D eigenvalue weighted by Gasteiger charge is 2.11. The first-order valence-electron chi connectivity index (χ1n) is 9.38. The van der Waals surface area contributed by atoms with Gasteiger partial charge in [0.1, 0.15) is 0 Å². The lowest BCUT2D eigenvalue weighted by atomic mass is 10.3. The fourth-order valence-electron chi connectivity index (χ4n) is 2.45. The van der Waals surface area contributed by atoms with E-state index in [1.54, 1.807) is 7.11 Å². The third-order valence-electron chi connectivity index (χ3n) is 3.85. The standard InChI is InChI=1S/C15H38N6O5S2/c1-5-16-6-10-20(11-7-17-26-2)14-15-21(12-8-18-27(3,22)23)13-9-19-28(4,24)25/h16-19H,5-15H2,1-4H3. The molecule has 0 aliphatic heterocycles. The van der Waals surface area contributed by atoms with Crippen molar-refractivity contribution in [1.82, 2.24) is 30.0 Å². The molecule has 170 valence electrons. The van der Waals surface area contributed by atoms with Crippen molar-refractivity contribution in [1.29, 1.82) is 0 Å². The molecule has 0 saturated heterocycles. The van der Waals surface area contributed by atoms with E-state index in [0.717, 1.165) is 45.2 Å². The lowest BCUT2D eigenvalue weighted by Gasteiger charge is -2.28. The summed E-state index contributed by atoms with van der Waals surface area (Å²) in [6, 6.07) is 0. The maximum absolute atomic E-state index is 11.3. The Kier molecular flexibility index (Phi) is 15.2. The molecule has 28 heavy (non-hydrogen) atoms. The summed E-state index contributed by atoms with van der Waals surface area (Å²) in [6.45, 7) is 9.21. The van der Waals surface area contributed by atoms with Gasteiger partial charge in [0.15, 0.2) is 0 Å². The van der Waals surface area contributed by atoms with Gasteiger partial charge >= 0.3 is 0 Å². The van der Waals surface area contributed by atoms with Gasteiger partial charge in [-0.3, -0.25) is 9.80 Å². The predicted octanol–water partition coefficient (Wildman–Crippen LogP) is -2.55. The van der Waals surface area contributed by atoms with Crippen LogP contribution < -0.4 is 20.2 Å². The van der Waals surface area contributed by atoms with Crippen molar-refractivity contribution in [2.45, 2.75) is 6.92 Å². The Bertz CT molecular complexity index is 540. The summed E-state index contributed by atoms with van der Waals surface area (Å²) in [7, 11) is -4.93. The van der Waals surface area contributed by atoms with E-state index in [1.165, 1.54) is 0 Å². The smallest absolute Gasteiger partial charge is 0.208 e. The van der Waals surface area contributed by atoms with Crippen molar-refractivity contribution < 1.29 is 21.7 Å². The summed E-state index contributed by atoms with van der Waals surface area (Å²) in [5.41, 5.74) is 2.83. The van der Waals surface area contributed by atoms with E-state index in [2.05, 4.69) is 32.1 Å². The molecule has 11 nitrogen and oxygen atoms in total. The van der Waals surface area contributed by atoms with Crippen molar-refractivity contribution in [3.63, 3.8) is 0 Å². The Morgan fingerprint density at radius 2 is 1.14 bits per heavy atom. The fourth-order valence-corrected chi connectivity index (χ4v) is 3.38. The van der Waals surface area contributed by atoms with Crippen LogP contribution in [0.3, 0.4) is 0 Å². The van der Waals surface area contributed by atoms with Crippen LogP contribution in [0, 0.1) is 0 Å². The van der Waals surface area contributed by atoms with Crippen LogP contribution >= 0.6 is 0 Å². The molecule has 4 N–H and O–H groups in total. The maximum atomic E-state index is 11.3. The highest BCUT2D eigenvalue weighted by atomic mass is 32.2. The molecule has 0 fully saturated rings. The van der Waals surface area contributed by atoms with Gasteiger partial charge in [0.2, 0.25) is 20.0 Å². The first-order chi connectivity index (χ1) is 13.1. The normalized spacial score (nSPS) is 12.9. The second-order valence-corrected chi connectivity index (χ2v) is 10.1. The number of sulfonamides is 2. The second kappa shape index (κ2) is 15.5. The number of hydroxylamine groups is 1. The van der Waals surface area contributed by atoms with E-state index in [0.29, 0.717) is 26.2 Å². The summed E-state index contributed by atoms with van der Waals surface area (Å²) in [4.78, 5) is 9.20. The van der Waals surface area contributed by atoms with Crippen LogP contribution in [0.15, 0.2) is 0 Å². The van der Waals surface area contributed by atoms with E-state index in [9.17, 15) is 16.8 Å². The van der Waals surface area contributed by atoms with Gasteiger partial charge in [0, 0.05) is 65.4 Å². The summed E-state index contributed by atoms with van der Waals surface area (Å²) in [5.74, 6) is 0. The van der Waals surface area contributed by atoms with E-state index < -0.39 is 20.0 Å². The molecule has 0 spiro atoms. The molecule has 0 saturated carbocycles. The molecule has 0 aromatic rings. The first-order valence-corrected chi connectivity index (χ1v) is 13.2. The minimum absolute atomic E-state index is 0.278. The number of likely N-dealkylation sites (N-methyl/N-ethyl adjacent to an activating group) is 1. The molecule has 0 aliphatic carbocycles. The van der Waals surface area contributed by atoms with Gasteiger partial charge in [-0.15, -0.1) is 0 Å². The molecule has 0 amide bonds. The monoisotopic (exact) mass is 446 g/mol. The molecule has 0 radical (unpaired) electrons. The highest BCUT2D eigenvalue weighted by Crippen LogP contribution is 1.93. The molecule has 0 atom stereocenters. The lowest BCUT2D eigenvalue weighted by molar-refractivity contribution is 0.0809. The Morgan fingerprint density at radius 3 is 1.54 bits per heavy atom. The highest BCUT2D eigenvalue weighted by molar-refractivity contribution is 7.89.